The van der Waals surface area contributed by atoms with Crippen molar-refractivity contribution in [2.45, 2.75) is 13.3 Å². The molecule has 0 spiro atoms. The van der Waals surface area contributed by atoms with Crippen molar-refractivity contribution < 1.29 is 4.79 Å². The monoisotopic (exact) mass is 236 g/mol. The van der Waals surface area contributed by atoms with E-state index in [1.54, 1.807) is 19.4 Å². The normalized spacial score (nSPS) is 9.82. The van der Waals surface area contributed by atoms with Crippen LogP contribution < -0.4 is 15.5 Å². The lowest BCUT2D eigenvalue weighted by Gasteiger charge is -2.18. The highest BCUT2D eigenvalue weighted by Gasteiger charge is 2.06. The molecule has 1 heterocycles. The van der Waals surface area contributed by atoms with Crippen LogP contribution in [0.4, 0.5) is 11.4 Å². The average molecular weight is 236 g/mol. The van der Waals surface area contributed by atoms with Crippen LogP contribution in [0.5, 0.6) is 0 Å². The maximum atomic E-state index is 11.3. The van der Waals surface area contributed by atoms with Crippen LogP contribution in [0.25, 0.3) is 0 Å². The standard InChI is InChI=1S/C12H20N4O/c1-4-5-15-10-6-11(8-14-7-10)16(3)9-12(17)13-2/h6-8,15H,4-5,9H2,1-3H3,(H,13,17). The van der Waals surface area contributed by atoms with Gasteiger partial charge in [-0.15, -0.1) is 0 Å². The number of anilines is 2. The third-order valence-corrected chi connectivity index (χ3v) is 2.40. The predicted molar refractivity (Wildman–Crippen MR) is 70.4 cm³/mol. The number of carbonyl (C=O) groups excluding carboxylic acids is 1. The second-order valence-corrected chi connectivity index (χ2v) is 3.89. The zero-order valence-electron chi connectivity index (χ0n) is 10.7. The Labute approximate surface area is 102 Å². The molecule has 0 saturated heterocycles. The summed E-state index contributed by atoms with van der Waals surface area (Å²) >= 11 is 0. The first-order valence-corrected chi connectivity index (χ1v) is 5.78. The Hall–Kier alpha value is -1.78. The second kappa shape index (κ2) is 6.73. The van der Waals surface area contributed by atoms with E-state index in [1.807, 2.05) is 18.0 Å². The number of hydrogen-bond acceptors (Lipinski definition) is 4. The average Bonchev–Trinajstić information content (AvgIpc) is 2.36. The van der Waals surface area contributed by atoms with E-state index in [-0.39, 0.29) is 5.91 Å². The third-order valence-electron chi connectivity index (χ3n) is 2.40. The number of amides is 1. The van der Waals surface area contributed by atoms with Crippen molar-refractivity contribution >= 4 is 17.3 Å². The van der Waals surface area contributed by atoms with Gasteiger partial charge in [-0.25, -0.2) is 0 Å². The van der Waals surface area contributed by atoms with Crippen molar-refractivity contribution in [2.75, 3.05) is 37.4 Å². The van der Waals surface area contributed by atoms with E-state index >= 15 is 0 Å². The molecule has 5 heteroatoms. The number of pyridine rings is 1. The molecule has 17 heavy (non-hydrogen) atoms. The zero-order valence-corrected chi connectivity index (χ0v) is 10.7. The summed E-state index contributed by atoms with van der Waals surface area (Å²) in [5.41, 5.74) is 1.91. The van der Waals surface area contributed by atoms with Gasteiger partial charge < -0.3 is 15.5 Å². The number of likely N-dealkylation sites (N-methyl/N-ethyl adjacent to an activating group) is 2. The molecule has 0 atom stereocenters. The van der Waals surface area contributed by atoms with E-state index in [0.717, 1.165) is 24.3 Å². The van der Waals surface area contributed by atoms with Gasteiger partial charge in [0.25, 0.3) is 0 Å². The van der Waals surface area contributed by atoms with Crippen molar-refractivity contribution in [3.05, 3.63) is 18.5 Å². The van der Waals surface area contributed by atoms with Gasteiger partial charge in [0, 0.05) is 20.6 Å². The van der Waals surface area contributed by atoms with Gasteiger partial charge in [0.15, 0.2) is 0 Å². The van der Waals surface area contributed by atoms with E-state index in [0.29, 0.717) is 6.54 Å². The summed E-state index contributed by atoms with van der Waals surface area (Å²) in [7, 11) is 3.50. The van der Waals surface area contributed by atoms with Crippen molar-refractivity contribution in [1.29, 1.82) is 0 Å². The molecule has 1 aromatic rings. The van der Waals surface area contributed by atoms with Crippen LogP contribution in [0, 0.1) is 0 Å². The van der Waals surface area contributed by atoms with Crippen LogP contribution in [0.1, 0.15) is 13.3 Å². The van der Waals surface area contributed by atoms with Crippen molar-refractivity contribution in [3.63, 3.8) is 0 Å². The topological polar surface area (TPSA) is 57.3 Å². The van der Waals surface area contributed by atoms with E-state index in [9.17, 15) is 4.79 Å². The van der Waals surface area contributed by atoms with E-state index < -0.39 is 0 Å². The highest BCUT2D eigenvalue weighted by Crippen LogP contribution is 2.16. The molecule has 5 nitrogen and oxygen atoms in total. The molecule has 0 fully saturated rings. The lowest BCUT2D eigenvalue weighted by atomic mass is 10.3. The van der Waals surface area contributed by atoms with Crippen LogP contribution >= 0.6 is 0 Å². The molecule has 0 aliphatic carbocycles. The Kier molecular flexibility index (Phi) is 5.26. The molecule has 0 bridgehead atoms. The molecule has 0 aliphatic heterocycles. The number of nitrogens with one attached hydrogen (secondary N) is 2. The zero-order chi connectivity index (χ0) is 12.7. The summed E-state index contributed by atoms with van der Waals surface area (Å²) in [6.45, 7) is 3.36. The molecule has 1 rings (SSSR count). The first-order valence-electron chi connectivity index (χ1n) is 5.78. The minimum absolute atomic E-state index is 0.0144. The van der Waals surface area contributed by atoms with E-state index in [4.69, 9.17) is 0 Å². The molecular formula is C12H20N4O. The van der Waals surface area contributed by atoms with E-state index in [1.165, 1.54) is 0 Å². The van der Waals surface area contributed by atoms with Crippen molar-refractivity contribution in [3.8, 4) is 0 Å². The smallest absolute Gasteiger partial charge is 0.239 e. The Morgan fingerprint density at radius 1 is 1.47 bits per heavy atom. The Balaban J connectivity index is 2.66. The molecule has 0 saturated carbocycles. The number of nitrogens with zero attached hydrogens (tertiary/aromatic N) is 2. The number of carbonyl (C=O) groups is 1. The lowest BCUT2D eigenvalue weighted by Crippen LogP contribution is -2.33. The molecular weight excluding hydrogens is 216 g/mol. The Morgan fingerprint density at radius 3 is 2.88 bits per heavy atom. The Bertz CT molecular complexity index is 367. The van der Waals surface area contributed by atoms with Crippen molar-refractivity contribution in [2.24, 2.45) is 0 Å². The first kappa shape index (κ1) is 13.3. The van der Waals surface area contributed by atoms with Crippen molar-refractivity contribution in [1.82, 2.24) is 10.3 Å². The van der Waals surface area contributed by atoms with Crippen LogP contribution in [0.3, 0.4) is 0 Å². The fraction of sp³-hybridized carbons (Fsp3) is 0.500. The van der Waals surface area contributed by atoms with Crippen LogP contribution in [-0.2, 0) is 4.79 Å². The maximum Gasteiger partial charge on any atom is 0.239 e. The van der Waals surface area contributed by atoms with Gasteiger partial charge in [-0.05, 0) is 12.5 Å². The van der Waals surface area contributed by atoms with Gasteiger partial charge in [-0.1, -0.05) is 6.92 Å². The van der Waals surface area contributed by atoms with Gasteiger partial charge in [0.2, 0.25) is 5.91 Å². The largest absolute Gasteiger partial charge is 0.384 e. The number of aromatic nitrogens is 1. The summed E-state index contributed by atoms with van der Waals surface area (Å²) in [5.74, 6) is -0.0144. The van der Waals surface area contributed by atoms with Crippen LogP contribution in [-0.4, -0.2) is 38.1 Å². The predicted octanol–water partition coefficient (Wildman–Crippen LogP) is 1.09. The summed E-state index contributed by atoms with van der Waals surface area (Å²) < 4.78 is 0. The first-order chi connectivity index (χ1) is 8.17. The molecule has 94 valence electrons. The Morgan fingerprint density at radius 2 is 2.24 bits per heavy atom. The lowest BCUT2D eigenvalue weighted by molar-refractivity contribution is -0.119. The highest BCUT2D eigenvalue weighted by atomic mass is 16.1. The molecule has 0 aliphatic rings. The number of hydrogen-bond donors (Lipinski definition) is 2. The quantitative estimate of drug-likeness (QED) is 0.776. The summed E-state index contributed by atoms with van der Waals surface area (Å²) in [6.07, 6.45) is 4.60. The van der Waals surface area contributed by atoms with Gasteiger partial charge >= 0.3 is 0 Å². The molecule has 1 aromatic heterocycles. The fourth-order valence-corrected chi connectivity index (χ4v) is 1.39. The fourth-order valence-electron chi connectivity index (χ4n) is 1.39. The van der Waals surface area contributed by atoms with Gasteiger partial charge in [0.05, 0.1) is 30.3 Å². The van der Waals surface area contributed by atoms with E-state index in [2.05, 4.69) is 22.5 Å². The SMILES string of the molecule is CCCNc1cncc(N(C)CC(=O)NC)c1. The minimum Gasteiger partial charge on any atom is -0.384 e. The molecule has 2 N–H and O–H groups in total. The molecule has 0 radical (unpaired) electrons. The summed E-state index contributed by atoms with van der Waals surface area (Å²) in [5, 5.41) is 5.87. The third kappa shape index (κ3) is 4.30. The van der Waals surface area contributed by atoms with Gasteiger partial charge in [-0.2, -0.15) is 0 Å². The van der Waals surface area contributed by atoms with Gasteiger partial charge in [-0.3, -0.25) is 9.78 Å². The maximum absolute atomic E-state index is 11.3. The molecule has 0 aromatic carbocycles. The molecule has 0 unspecified atom stereocenters. The highest BCUT2D eigenvalue weighted by molar-refractivity contribution is 5.81. The minimum atomic E-state index is -0.0144. The molecule has 1 amide bonds. The van der Waals surface area contributed by atoms with Gasteiger partial charge in [0.1, 0.15) is 0 Å². The summed E-state index contributed by atoms with van der Waals surface area (Å²) in [4.78, 5) is 17.3. The summed E-state index contributed by atoms with van der Waals surface area (Å²) in [6, 6.07) is 1.99. The van der Waals surface area contributed by atoms with Crippen LogP contribution in [0.2, 0.25) is 0 Å². The second-order valence-electron chi connectivity index (χ2n) is 3.89. The van der Waals surface area contributed by atoms with Crippen LogP contribution in [0.15, 0.2) is 18.5 Å². The number of rotatable bonds is 6.